The van der Waals surface area contributed by atoms with Gasteiger partial charge in [0.15, 0.2) is 17.3 Å². The number of benzene rings is 2. The maximum Gasteiger partial charge on any atom is 0.198 e. The molecular weight excluding hydrogens is 400 g/mol. The topological polar surface area (TPSA) is 170 Å². The minimum atomic E-state index is -5.44. The smallest absolute Gasteiger partial charge is 0.198 e. The lowest BCUT2D eigenvalue weighted by atomic mass is 9.82. The summed E-state index contributed by atoms with van der Waals surface area (Å²) in [7, 11) is -5.44. The van der Waals surface area contributed by atoms with Crippen molar-refractivity contribution in [2.45, 2.75) is 4.90 Å². The van der Waals surface area contributed by atoms with Crippen molar-refractivity contribution in [1.29, 1.82) is 0 Å². The Balaban J connectivity index is 2.54. The SMILES string of the molecule is NC(CCl)=Nc1c(O)c(S(=O)(=O)[O-])c(O)c2c1C(=O)c1ccccc1C2=O. The number of alkyl halides is 1. The van der Waals surface area contributed by atoms with Crippen LogP contribution in [-0.4, -0.2) is 46.5 Å². The van der Waals surface area contributed by atoms with Gasteiger partial charge >= 0.3 is 0 Å². The molecule has 0 saturated heterocycles. The molecule has 0 spiro atoms. The Hall–Kier alpha value is -2.95. The summed E-state index contributed by atoms with van der Waals surface area (Å²) >= 11 is 5.53. The lowest BCUT2D eigenvalue weighted by Crippen LogP contribution is -2.23. The fourth-order valence-corrected chi connectivity index (χ4v) is 3.53. The minimum Gasteiger partial charge on any atom is -0.744 e. The van der Waals surface area contributed by atoms with Crippen molar-refractivity contribution in [2.24, 2.45) is 10.7 Å². The van der Waals surface area contributed by atoms with Crippen LogP contribution < -0.4 is 5.73 Å². The second kappa shape index (κ2) is 6.34. The largest absolute Gasteiger partial charge is 0.744 e. The van der Waals surface area contributed by atoms with Crippen LogP contribution in [0.2, 0.25) is 0 Å². The van der Waals surface area contributed by atoms with Crippen molar-refractivity contribution in [3.8, 4) is 11.5 Å². The van der Waals surface area contributed by atoms with Gasteiger partial charge in [0.25, 0.3) is 0 Å². The molecule has 11 heteroatoms. The molecule has 0 heterocycles. The molecule has 9 nitrogen and oxygen atoms in total. The molecule has 0 amide bonds. The van der Waals surface area contributed by atoms with Crippen LogP contribution in [0, 0.1) is 0 Å². The number of nitrogens with zero attached hydrogens (tertiary/aromatic N) is 1. The van der Waals surface area contributed by atoms with Crippen molar-refractivity contribution < 1.29 is 32.8 Å². The number of hydrogen-bond donors (Lipinski definition) is 3. The number of carbonyl (C=O) groups is 2. The number of phenols is 2. The van der Waals surface area contributed by atoms with E-state index in [9.17, 15) is 32.8 Å². The summed E-state index contributed by atoms with van der Waals surface area (Å²) in [5.74, 6) is -5.03. The molecule has 0 fully saturated rings. The highest BCUT2D eigenvalue weighted by atomic mass is 35.5. The summed E-state index contributed by atoms with van der Waals surface area (Å²) < 4.78 is 34.6. The van der Waals surface area contributed by atoms with Crippen LogP contribution in [-0.2, 0) is 10.1 Å². The minimum absolute atomic E-state index is 0.0487. The summed E-state index contributed by atoms with van der Waals surface area (Å²) in [4.78, 5) is 27.9. The van der Waals surface area contributed by atoms with Gasteiger partial charge in [0.05, 0.1) is 17.0 Å². The summed E-state index contributed by atoms with van der Waals surface area (Å²) in [5.41, 5.74) is 3.28. The fraction of sp³-hybridized carbons (Fsp3) is 0.0625. The standard InChI is InChI=1S/C16H11ClN2O7S/c17-5-8(18)19-11-9-10(14(22)16(15(11)23)27(24,25)26)13(21)7-4-2-1-3-6(7)12(9)20/h1-4,22-23H,5H2,(H2,18,19)(H,24,25,26)/p-1. The molecule has 0 bridgehead atoms. The zero-order valence-electron chi connectivity index (χ0n) is 13.3. The van der Waals surface area contributed by atoms with Crippen molar-refractivity contribution in [2.75, 3.05) is 5.88 Å². The highest BCUT2D eigenvalue weighted by Gasteiger charge is 2.39. The van der Waals surface area contributed by atoms with Gasteiger partial charge in [-0.1, -0.05) is 24.3 Å². The van der Waals surface area contributed by atoms with E-state index in [0.29, 0.717) is 0 Å². The van der Waals surface area contributed by atoms with Crippen molar-refractivity contribution in [3.63, 3.8) is 0 Å². The number of ketones is 2. The van der Waals surface area contributed by atoms with Gasteiger partial charge < -0.3 is 20.5 Å². The molecule has 2 aromatic rings. The number of hydrogen-bond acceptors (Lipinski definition) is 8. The Bertz CT molecular complexity index is 1160. The summed E-state index contributed by atoms with van der Waals surface area (Å²) in [6.45, 7) is 0. The van der Waals surface area contributed by atoms with Gasteiger partial charge in [0.2, 0.25) is 0 Å². The molecule has 27 heavy (non-hydrogen) atoms. The molecule has 140 valence electrons. The normalized spacial score (nSPS) is 14.1. The zero-order valence-corrected chi connectivity index (χ0v) is 14.8. The molecular formula is C16H10ClN2O7S-. The van der Waals surface area contributed by atoms with E-state index in [2.05, 4.69) is 4.99 Å². The van der Waals surface area contributed by atoms with Gasteiger partial charge in [0, 0.05) is 11.1 Å². The molecule has 0 aliphatic heterocycles. The molecule has 2 aromatic carbocycles. The van der Waals surface area contributed by atoms with Crippen LogP contribution >= 0.6 is 11.6 Å². The molecule has 0 atom stereocenters. The number of carbonyl (C=O) groups excluding carboxylic acids is 2. The molecule has 1 aliphatic rings. The highest BCUT2D eigenvalue weighted by molar-refractivity contribution is 7.86. The predicted octanol–water partition coefficient (Wildman–Crippen LogP) is 1.00. The molecule has 0 unspecified atom stereocenters. The molecule has 0 radical (unpaired) electrons. The van der Waals surface area contributed by atoms with Crippen LogP contribution in [0.1, 0.15) is 31.8 Å². The number of amidine groups is 1. The molecule has 0 saturated carbocycles. The van der Waals surface area contributed by atoms with E-state index < -0.39 is 54.9 Å². The van der Waals surface area contributed by atoms with Crippen LogP contribution in [0.4, 0.5) is 5.69 Å². The fourth-order valence-electron chi connectivity index (χ4n) is 2.80. The van der Waals surface area contributed by atoms with Gasteiger partial charge in [-0.2, -0.15) is 0 Å². The Morgan fingerprint density at radius 3 is 2.07 bits per heavy atom. The summed E-state index contributed by atoms with van der Waals surface area (Å²) in [6.07, 6.45) is 0. The first kappa shape index (κ1) is 18.8. The van der Waals surface area contributed by atoms with Gasteiger partial charge in [-0.15, -0.1) is 11.6 Å². The van der Waals surface area contributed by atoms with E-state index >= 15 is 0 Å². The Labute approximate surface area is 157 Å². The lowest BCUT2D eigenvalue weighted by molar-refractivity contribution is 0.0976. The monoisotopic (exact) mass is 409 g/mol. The Kier molecular flexibility index (Phi) is 4.42. The van der Waals surface area contributed by atoms with Crippen molar-refractivity contribution in [3.05, 3.63) is 46.5 Å². The average molecular weight is 410 g/mol. The van der Waals surface area contributed by atoms with Gasteiger partial charge in [-0.05, 0) is 0 Å². The van der Waals surface area contributed by atoms with Gasteiger partial charge in [-0.25, -0.2) is 13.4 Å². The maximum absolute atomic E-state index is 12.9. The van der Waals surface area contributed by atoms with Crippen molar-refractivity contribution >= 4 is 44.8 Å². The van der Waals surface area contributed by atoms with Crippen LogP contribution in [0.3, 0.4) is 0 Å². The number of phenolic OH excluding ortho intramolecular Hbond substituents is 2. The first-order valence-corrected chi connectivity index (χ1v) is 9.19. The average Bonchev–Trinajstić information content (AvgIpc) is 2.60. The molecule has 3 rings (SSSR count). The first-order chi connectivity index (χ1) is 12.6. The van der Waals surface area contributed by atoms with Crippen molar-refractivity contribution in [1.82, 2.24) is 0 Å². The Morgan fingerprint density at radius 2 is 1.59 bits per heavy atom. The third-order valence-electron chi connectivity index (χ3n) is 3.89. The quantitative estimate of drug-likeness (QED) is 0.249. The van der Waals surface area contributed by atoms with E-state index in [0.717, 1.165) is 0 Å². The molecule has 0 aromatic heterocycles. The number of aliphatic imine (C=N–C) groups is 1. The third-order valence-corrected chi connectivity index (χ3v) is 5.05. The summed E-state index contributed by atoms with van der Waals surface area (Å²) in [6, 6.07) is 5.58. The van der Waals surface area contributed by atoms with Crippen LogP contribution in [0.5, 0.6) is 11.5 Å². The first-order valence-electron chi connectivity index (χ1n) is 7.24. The number of halogens is 1. The Morgan fingerprint density at radius 1 is 1.07 bits per heavy atom. The maximum atomic E-state index is 12.9. The van der Waals surface area contributed by atoms with E-state index in [1.807, 2.05) is 0 Å². The lowest BCUT2D eigenvalue weighted by Gasteiger charge is -2.23. The van der Waals surface area contributed by atoms with E-state index in [1.54, 1.807) is 0 Å². The molecule has 1 aliphatic carbocycles. The third kappa shape index (κ3) is 2.83. The van der Waals surface area contributed by atoms with E-state index in [1.165, 1.54) is 24.3 Å². The number of rotatable bonds is 3. The molecule has 4 N–H and O–H groups in total. The van der Waals surface area contributed by atoms with E-state index in [4.69, 9.17) is 17.3 Å². The zero-order chi connectivity index (χ0) is 20.1. The number of nitrogens with two attached hydrogens (primary N) is 1. The van der Waals surface area contributed by atoms with Gasteiger partial charge in [-0.3, -0.25) is 9.59 Å². The van der Waals surface area contributed by atoms with Gasteiger partial charge in [0.1, 0.15) is 32.3 Å². The van der Waals surface area contributed by atoms with E-state index in [-0.39, 0.29) is 22.8 Å². The number of fused-ring (bicyclic) bond motifs is 2. The highest BCUT2D eigenvalue weighted by Crippen LogP contribution is 2.48. The van der Waals surface area contributed by atoms with Crippen LogP contribution in [0.25, 0.3) is 0 Å². The second-order valence-corrected chi connectivity index (χ2v) is 7.10. The number of aromatic hydroxyl groups is 2. The summed E-state index contributed by atoms with van der Waals surface area (Å²) in [5, 5.41) is 20.5. The second-order valence-electron chi connectivity index (χ2n) is 5.52. The van der Waals surface area contributed by atoms with Crippen LogP contribution in [0.15, 0.2) is 34.2 Å². The predicted molar refractivity (Wildman–Crippen MR) is 93.0 cm³/mol.